The van der Waals surface area contributed by atoms with Crippen LogP contribution < -0.4 is 10.6 Å². The van der Waals surface area contributed by atoms with Crippen molar-refractivity contribution in [2.45, 2.75) is 25.4 Å². The second-order valence-corrected chi connectivity index (χ2v) is 6.47. The Morgan fingerprint density at radius 3 is 3.10 bits per heavy atom. The molecule has 2 N–H and O–H groups in total. The number of amides is 2. The summed E-state index contributed by atoms with van der Waals surface area (Å²) in [5, 5.41) is 9.38. The number of benzene rings is 1. The number of nitrogens with zero attached hydrogens (tertiary/aromatic N) is 2. The van der Waals surface area contributed by atoms with Gasteiger partial charge in [-0.15, -0.1) is 11.3 Å². The Kier molecular flexibility index (Phi) is 2.85. The fraction of sp³-hybridized carbons (Fsp3) is 0.333. The summed E-state index contributed by atoms with van der Waals surface area (Å²) >= 11 is 1.65. The summed E-state index contributed by atoms with van der Waals surface area (Å²) in [4.78, 5) is 17.9. The monoisotopic (exact) mass is 300 g/mol. The summed E-state index contributed by atoms with van der Waals surface area (Å²) in [6, 6.07) is 6.65. The van der Waals surface area contributed by atoms with E-state index in [-0.39, 0.29) is 6.03 Å². The first-order chi connectivity index (χ1) is 10.2. The summed E-state index contributed by atoms with van der Waals surface area (Å²) in [6.45, 7) is 0.631. The van der Waals surface area contributed by atoms with Crippen LogP contribution in [0, 0.1) is 0 Å². The second-order valence-electron chi connectivity index (χ2n) is 5.61. The second kappa shape index (κ2) is 4.73. The highest BCUT2D eigenvalue weighted by molar-refractivity contribution is 7.14. The number of carbonyl (C=O) groups is 1. The number of carbonyl (C=O) groups excluding carboxylic acids is 1. The molecule has 1 aromatic carbocycles. The highest BCUT2D eigenvalue weighted by Crippen LogP contribution is 2.32. The molecule has 2 heterocycles. The average molecular weight is 300 g/mol. The maximum Gasteiger partial charge on any atom is 0.321 e. The first-order valence-corrected chi connectivity index (χ1v) is 7.94. The summed E-state index contributed by atoms with van der Waals surface area (Å²) in [6.07, 6.45) is 2.50. The molecule has 2 amide bonds. The van der Waals surface area contributed by atoms with Gasteiger partial charge in [-0.05, 0) is 30.5 Å². The van der Waals surface area contributed by atoms with Gasteiger partial charge in [0.15, 0.2) is 5.13 Å². The van der Waals surface area contributed by atoms with Crippen LogP contribution in [0.5, 0.6) is 0 Å². The van der Waals surface area contributed by atoms with Gasteiger partial charge < -0.3 is 15.5 Å². The molecule has 108 valence electrons. The third-order valence-electron chi connectivity index (χ3n) is 3.81. The van der Waals surface area contributed by atoms with Crippen LogP contribution in [-0.4, -0.2) is 29.0 Å². The first kappa shape index (κ1) is 12.6. The Morgan fingerprint density at radius 1 is 1.43 bits per heavy atom. The number of anilines is 2. The largest absolute Gasteiger partial charge is 0.359 e. The van der Waals surface area contributed by atoms with Crippen LogP contribution in [0.4, 0.5) is 15.6 Å². The van der Waals surface area contributed by atoms with Crippen LogP contribution in [0.15, 0.2) is 23.6 Å². The van der Waals surface area contributed by atoms with Crippen LogP contribution in [0.1, 0.15) is 18.4 Å². The quantitative estimate of drug-likeness (QED) is 0.914. The minimum atomic E-state index is -0.0557. The highest BCUT2D eigenvalue weighted by Gasteiger charge is 2.23. The van der Waals surface area contributed by atoms with Crippen LogP contribution >= 0.6 is 11.3 Å². The van der Waals surface area contributed by atoms with Gasteiger partial charge in [0.25, 0.3) is 0 Å². The predicted octanol–water partition coefficient (Wildman–Crippen LogP) is 3.36. The van der Waals surface area contributed by atoms with E-state index in [1.165, 1.54) is 12.8 Å². The third-order valence-corrected chi connectivity index (χ3v) is 4.58. The summed E-state index contributed by atoms with van der Waals surface area (Å²) in [5.41, 5.74) is 4.11. The van der Waals surface area contributed by atoms with Gasteiger partial charge in [0.05, 0.1) is 5.69 Å². The number of nitrogens with one attached hydrogen (secondary N) is 2. The number of urea groups is 1. The number of thiazole rings is 1. The van der Waals surface area contributed by atoms with Crippen LogP contribution in [0.25, 0.3) is 11.3 Å². The zero-order chi connectivity index (χ0) is 14.4. The highest BCUT2D eigenvalue weighted by atomic mass is 32.1. The summed E-state index contributed by atoms with van der Waals surface area (Å²) < 4.78 is 0. The van der Waals surface area contributed by atoms with Crippen LogP contribution in [0.2, 0.25) is 0 Å². The molecule has 4 rings (SSSR count). The van der Waals surface area contributed by atoms with Crippen molar-refractivity contribution in [2.24, 2.45) is 0 Å². The van der Waals surface area contributed by atoms with E-state index in [2.05, 4.69) is 27.1 Å². The topological polar surface area (TPSA) is 57.3 Å². The van der Waals surface area contributed by atoms with Crippen molar-refractivity contribution in [1.29, 1.82) is 0 Å². The molecule has 0 atom stereocenters. The Bertz CT molecular complexity index is 707. The van der Waals surface area contributed by atoms with Crippen LogP contribution in [-0.2, 0) is 6.54 Å². The molecule has 2 aromatic rings. The number of aromatic nitrogens is 1. The van der Waals surface area contributed by atoms with Gasteiger partial charge >= 0.3 is 6.03 Å². The van der Waals surface area contributed by atoms with Crippen LogP contribution in [0.3, 0.4) is 0 Å². The van der Waals surface area contributed by atoms with Gasteiger partial charge in [-0.25, -0.2) is 9.78 Å². The Balaban J connectivity index is 1.61. The molecule has 5 nitrogen and oxygen atoms in total. The van der Waals surface area contributed by atoms with E-state index in [0.717, 1.165) is 27.6 Å². The molecule has 0 unspecified atom stereocenters. The minimum Gasteiger partial charge on any atom is -0.359 e. The van der Waals surface area contributed by atoms with Gasteiger partial charge in [-0.3, -0.25) is 0 Å². The van der Waals surface area contributed by atoms with E-state index in [4.69, 9.17) is 0 Å². The smallest absolute Gasteiger partial charge is 0.321 e. The molecular weight excluding hydrogens is 284 g/mol. The lowest BCUT2D eigenvalue weighted by Crippen LogP contribution is -2.35. The molecule has 0 radical (unpaired) electrons. The number of fused-ring (bicyclic) bond motifs is 1. The van der Waals surface area contributed by atoms with Gasteiger partial charge in [0.2, 0.25) is 0 Å². The lowest BCUT2D eigenvalue weighted by Gasteiger charge is -2.26. The van der Waals surface area contributed by atoms with Gasteiger partial charge in [-0.2, -0.15) is 0 Å². The molecule has 1 aromatic heterocycles. The standard InChI is InChI=1S/C15H16N4OS/c1-19-7-10-6-9(2-5-12(10)18-15(19)20)13-8-21-14(17-13)16-11-3-4-11/h2,5-6,8,11H,3-4,7H2,1H3,(H,16,17)(H,18,20). The first-order valence-electron chi connectivity index (χ1n) is 7.06. The van der Waals surface area contributed by atoms with E-state index in [0.29, 0.717) is 12.6 Å². The van der Waals surface area contributed by atoms with Gasteiger partial charge in [0, 0.05) is 36.3 Å². The van der Waals surface area contributed by atoms with Crippen molar-refractivity contribution in [2.75, 3.05) is 17.7 Å². The molecule has 6 heteroatoms. The predicted molar refractivity (Wildman–Crippen MR) is 84.7 cm³/mol. The molecule has 1 saturated carbocycles. The zero-order valence-electron chi connectivity index (χ0n) is 11.7. The van der Waals surface area contributed by atoms with E-state index in [1.807, 2.05) is 12.1 Å². The van der Waals surface area contributed by atoms with Crippen molar-refractivity contribution in [3.63, 3.8) is 0 Å². The third kappa shape index (κ3) is 2.47. The molecule has 0 spiro atoms. The Morgan fingerprint density at radius 2 is 2.29 bits per heavy atom. The lowest BCUT2D eigenvalue weighted by atomic mass is 10.0. The number of hydrogen-bond donors (Lipinski definition) is 2. The Labute approximate surface area is 127 Å². The van der Waals surface area contributed by atoms with Gasteiger partial charge in [0.1, 0.15) is 0 Å². The fourth-order valence-electron chi connectivity index (χ4n) is 2.42. The Hall–Kier alpha value is -2.08. The molecule has 1 fully saturated rings. The maximum absolute atomic E-state index is 11.6. The average Bonchev–Trinajstić information content (AvgIpc) is 3.15. The van der Waals surface area contributed by atoms with Crippen molar-refractivity contribution < 1.29 is 4.79 Å². The zero-order valence-corrected chi connectivity index (χ0v) is 12.5. The normalized spacial score (nSPS) is 17.4. The SMILES string of the molecule is CN1Cc2cc(-c3csc(NC4CC4)n3)ccc2NC1=O. The van der Waals surface area contributed by atoms with Crippen molar-refractivity contribution in [3.05, 3.63) is 29.1 Å². The van der Waals surface area contributed by atoms with Crippen molar-refractivity contribution in [3.8, 4) is 11.3 Å². The van der Waals surface area contributed by atoms with E-state index < -0.39 is 0 Å². The molecule has 1 aliphatic heterocycles. The van der Waals surface area contributed by atoms with Crippen molar-refractivity contribution in [1.82, 2.24) is 9.88 Å². The molecule has 0 saturated heterocycles. The van der Waals surface area contributed by atoms with Crippen molar-refractivity contribution >= 4 is 28.2 Å². The fourth-order valence-corrected chi connectivity index (χ4v) is 3.22. The molecule has 21 heavy (non-hydrogen) atoms. The van der Waals surface area contributed by atoms with E-state index in [9.17, 15) is 4.79 Å². The number of rotatable bonds is 3. The maximum atomic E-state index is 11.6. The van der Waals surface area contributed by atoms with E-state index >= 15 is 0 Å². The number of hydrogen-bond acceptors (Lipinski definition) is 4. The summed E-state index contributed by atoms with van der Waals surface area (Å²) in [7, 11) is 1.80. The lowest BCUT2D eigenvalue weighted by molar-refractivity contribution is 0.218. The summed E-state index contributed by atoms with van der Waals surface area (Å²) in [5.74, 6) is 0. The van der Waals surface area contributed by atoms with E-state index in [1.54, 1.807) is 23.3 Å². The minimum absolute atomic E-state index is 0.0557. The molecule has 1 aliphatic carbocycles. The molecule has 0 bridgehead atoms. The molecular formula is C15H16N4OS. The molecule has 2 aliphatic rings. The van der Waals surface area contributed by atoms with Gasteiger partial charge in [-0.1, -0.05) is 6.07 Å².